The Morgan fingerprint density at radius 3 is 2.68 bits per heavy atom. The van der Waals surface area contributed by atoms with Gasteiger partial charge in [0.1, 0.15) is 0 Å². The quantitative estimate of drug-likeness (QED) is 0.829. The molecule has 2 rings (SSSR count). The van der Waals surface area contributed by atoms with Crippen LogP contribution in [0, 0.1) is 0 Å². The molecule has 19 heavy (non-hydrogen) atoms. The largest absolute Gasteiger partial charge is 0.376 e. The Hall–Kier alpha value is -0.750. The SMILES string of the molecule is NC(=S)NS1(CCc2ccccc2Cl)C=CN=C1Cl. The van der Waals surface area contributed by atoms with E-state index in [1.165, 1.54) is 0 Å². The molecule has 1 heterocycles. The maximum absolute atomic E-state index is 6.20. The van der Waals surface area contributed by atoms with Gasteiger partial charge in [0.15, 0.2) is 9.62 Å². The Morgan fingerprint density at radius 2 is 2.11 bits per heavy atom. The van der Waals surface area contributed by atoms with Gasteiger partial charge in [0, 0.05) is 17.0 Å². The second kappa shape index (κ2) is 6.13. The van der Waals surface area contributed by atoms with E-state index in [0.717, 1.165) is 22.8 Å². The molecular formula is C12H13Cl2N3S2. The second-order valence-electron chi connectivity index (χ2n) is 3.97. The molecule has 7 heteroatoms. The van der Waals surface area contributed by atoms with Crippen molar-refractivity contribution in [3.63, 3.8) is 0 Å². The first kappa shape index (κ1) is 14.7. The smallest absolute Gasteiger partial charge is 0.173 e. The average Bonchev–Trinajstić information content (AvgIpc) is 2.69. The molecule has 0 amide bonds. The zero-order valence-corrected chi connectivity index (χ0v) is 13.1. The summed E-state index contributed by atoms with van der Waals surface area (Å²) in [7, 11) is -1.59. The number of nitrogens with two attached hydrogens (primary N) is 1. The van der Waals surface area contributed by atoms with Gasteiger partial charge in [-0.1, -0.05) is 51.6 Å². The molecule has 1 aliphatic rings. The zero-order chi connectivity index (χ0) is 13.9. The molecule has 0 spiro atoms. The third-order valence-electron chi connectivity index (χ3n) is 2.70. The summed E-state index contributed by atoms with van der Waals surface area (Å²) in [6, 6.07) is 7.75. The van der Waals surface area contributed by atoms with Crippen molar-refractivity contribution in [2.75, 3.05) is 5.75 Å². The highest BCUT2D eigenvalue weighted by molar-refractivity contribution is 8.48. The molecule has 0 saturated heterocycles. The topological polar surface area (TPSA) is 50.4 Å². The molecule has 1 aromatic rings. The van der Waals surface area contributed by atoms with Crippen LogP contribution >= 0.6 is 45.6 Å². The van der Waals surface area contributed by atoms with Crippen LogP contribution in [0.4, 0.5) is 0 Å². The summed E-state index contributed by atoms with van der Waals surface area (Å²) in [5, 5.41) is 2.93. The average molecular weight is 334 g/mol. The molecule has 1 unspecified atom stereocenters. The number of rotatable bonds is 4. The minimum atomic E-state index is -1.59. The Balaban J connectivity index is 2.15. The molecular weight excluding hydrogens is 321 g/mol. The Morgan fingerprint density at radius 1 is 1.37 bits per heavy atom. The van der Waals surface area contributed by atoms with Gasteiger partial charge in [-0.25, -0.2) is 4.99 Å². The molecule has 1 aliphatic heterocycles. The molecule has 0 aromatic heterocycles. The van der Waals surface area contributed by atoms with Crippen molar-refractivity contribution < 1.29 is 0 Å². The Bertz CT molecular complexity index is 560. The molecule has 3 N–H and O–H groups in total. The summed E-state index contributed by atoms with van der Waals surface area (Å²) < 4.78 is 3.62. The van der Waals surface area contributed by atoms with E-state index in [2.05, 4.69) is 9.71 Å². The minimum Gasteiger partial charge on any atom is -0.376 e. The number of aliphatic imine (C=N–C) groups is 1. The van der Waals surface area contributed by atoms with Crippen molar-refractivity contribution in [3.05, 3.63) is 46.5 Å². The van der Waals surface area contributed by atoms with Crippen LogP contribution in [-0.4, -0.2) is 15.4 Å². The minimum absolute atomic E-state index is 0.231. The van der Waals surface area contributed by atoms with Gasteiger partial charge in [0.25, 0.3) is 0 Å². The predicted octanol–water partition coefficient (Wildman–Crippen LogP) is 3.51. The number of benzene rings is 1. The van der Waals surface area contributed by atoms with Crippen molar-refractivity contribution in [1.29, 1.82) is 0 Å². The highest BCUT2D eigenvalue weighted by Gasteiger charge is 2.29. The summed E-state index contributed by atoms with van der Waals surface area (Å²) in [6.45, 7) is 0. The fourth-order valence-electron chi connectivity index (χ4n) is 1.77. The summed E-state index contributed by atoms with van der Waals surface area (Å²) in [4.78, 5) is 4.11. The third kappa shape index (κ3) is 3.42. The van der Waals surface area contributed by atoms with E-state index in [4.69, 9.17) is 41.2 Å². The molecule has 1 atom stereocenters. The number of nitrogens with one attached hydrogen (secondary N) is 1. The fourth-order valence-corrected chi connectivity index (χ4v) is 5.10. The number of halogens is 2. The van der Waals surface area contributed by atoms with E-state index in [9.17, 15) is 0 Å². The van der Waals surface area contributed by atoms with Gasteiger partial charge in [-0.15, -0.1) is 0 Å². The first-order valence-electron chi connectivity index (χ1n) is 5.55. The van der Waals surface area contributed by atoms with Crippen molar-refractivity contribution in [3.8, 4) is 0 Å². The lowest BCUT2D eigenvalue weighted by Gasteiger charge is -2.33. The lowest BCUT2D eigenvalue weighted by Crippen LogP contribution is -2.35. The van der Waals surface area contributed by atoms with E-state index in [0.29, 0.717) is 4.50 Å². The number of aryl methyl sites for hydroxylation is 1. The fraction of sp³-hybridized carbons (Fsp3) is 0.167. The van der Waals surface area contributed by atoms with Gasteiger partial charge in [0.2, 0.25) is 0 Å². The number of hydrogen-bond acceptors (Lipinski definition) is 2. The molecule has 1 aromatic carbocycles. The number of nitrogens with zero attached hydrogens (tertiary/aromatic N) is 1. The first-order valence-corrected chi connectivity index (χ1v) is 8.58. The van der Waals surface area contributed by atoms with Gasteiger partial charge in [-0.2, -0.15) is 0 Å². The molecule has 0 fully saturated rings. The third-order valence-corrected chi connectivity index (χ3v) is 6.95. The normalized spacial score (nSPS) is 24.6. The lowest BCUT2D eigenvalue weighted by atomic mass is 10.2. The van der Waals surface area contributed by atoms with Crippen molar-refractivity contribution in [2.45, 2.75) is 6.42 Å². The highest BCUT2D eigenvalue weighted by atomic mass is 35.5. The van der Waals surface area contributed by atoms with Gasteiger partial charge in [-0.05, 0) is 35.7 Å². The van der Waals surface area contributed by atoms with Crippen LogP contribution < -0.4 is 10.5 Å². The second-order valence-corrected chi connectivity index (χ2v) is 8.26. The van der Waals surface area contributed by atoms with Crippen molar-refractivity contribution in [2.24, 2.45) is 10.7 Å². The molecule has 0 aliphatic carbocycles. The van der Waals surface area contributed by atoms with Gasteiger partial charge in [0.05, 0.1) is 0 Å². The van der Waals surface area contributed by atoms with E-state index >= 15 is 0 Å². The van der Waals surface area contributed by atoms with Gasteiger partial charge in [-0.3, -0.25) is 0 Å². The Kier molecular flexibility index (Phi) is 4.73. The van der Waals surface area contributed by atoms with Crippen molar-refractivity contribution in [1.82, 2.24) is 4.72 Å². The zero-order valence-electron chi connectivity index (χ0n) is 9.98. The molecule has 0 radical (unpaired) electrons. The van der Waals surface area contributed by atoms with Crippen LogP contribution in [0.2, 0.25) is 5.02 Å². The monoisotopic (exact) mass is 333 g/mol. The summed E-state index contributed by atoms with van der Waals surface area (Å²) in [5.74, 6) is 0.757. The van der Waals surface area contributed by atoms with Crippen LogP contribution in [-0.2, 0) is 6.42 Å². The molecule has 3 nitrogen and oxygen atoms in total. The van der Waals surface area contributed by atoms with Gasteiger partial charge >= 0.3 is 0 Å². The van der Waals surface area contributed by atoms with Crippen LogP contribution in [0.3, 0.4) is 0 Å². The van der Waals surface area contributed by atoms with E-state index in [1.54, 1.807) is 6.20 Å². The summed E-state index contributed by atoms with van der Waals surface area (Å²) in [5.41, 5.74) is 6.66. The maximum Gasteiger partial charge on any atom is 0.173 e. The van der Waals surface area contributed by atoms with Crippen molar-refractivity contribution >= 4 is 55.2 Å². The number of hydrogen-bond donors (Lipinski definition) is 2. The molecule has 0 saturated carbocycles. The number of thiocarbonyl (C=S) groups is 1. The predicted molar refractivity (Wildman–Crippen MR) is 90.0 cm³/mol. The van der Waals surface area contributed by atoms with Crippen LogP contribution in [0.1, 0.15) is 5.56 Å². The van der Waals surface area contributed by atoms with E-state index in [1.807, 2.05) is 29.7 Å². The van der Waals surface area contributed by atoms with Crippen LogP contribution in [0.15, 0.2) is 40.9 Å². The summed E-state index contributed by atoms with van der Waals surface area (Å²) in [6.07, 6.45) is 2.47. The standard InChI is InChI=1S/C12H13Cl2N3S2/c13-10-4-2-1-3-9(10)5-7-19(17-12(15)18)8-6-16-11(19)14/h1-4,6,8H,5,7H2,(H3,15,17,18). The van der Waals surface area contributed by atoms with E-state index in [-0.39, 0.29) is 5.11 Å². The first-order chi connectivity index (χ1) is 9.03. The lowest BCUT2D eigenvalue weighted by molar-refractivity contribution is 1.14. The maximum atomic E-state index is 6.20. The van der Waals surface area contributed by atoms with E-state index < -0.39 is 10.2 Å². The van der Waals surface area contributed by atoms with Gasteiger partial charge < -0.3 is 10.5 Å². The molecule has 102 valence electrons. The summed E-state index contributed by atoms with van der Waals surface area (Å²) >= 11 is 17.3. The van der Waals surface area contributed by atoms with Crippen LogP contribution in [0.25, 0.3) is 0 Å². The highest BCUT2D eigenvalue weighted by Crippen LogP contribution is 2.51. The molecule has 0 bridgehead atoms. The van der Waals surface area contributed by atoms with Crippen LogP contribution in [0.5, 0.6) is 0 Å². The Labute approximate surface area is 129 Å².